The molecular weight excluding hydrogens is 266 g/mol. The molecule has 2 aromatic rings. The maximum absolute atomic E-state index is 12.5. The number of likely N-dealkylation sites (tertiary alicyclic amines) is 1. The molecule has 1 aliphatic carbocycles. The SMILES string of the molecule is CC1(C)C2CN(C(=O)c3ccc(-n4cnnn4)cc3)CC21. The van der Waals surface area contributed by atoms with E-state index in [1.54, 1.807) is 4.68 Å². The maximum Gasteiger partial charge on any atom is 0.253 e. The van der Waals surface area contributed by atoms with E-state index in [1.807, 2.05) is 29.2 Å². The third kappa shape index (κ3) is 1.86. The second-order valence-electron chi connectivity index (χ2n) is 6.55. The first kappa shape index (κ1) is 12.5. The van der Waals surface area contributed by atoms with Crippen LogP contribution in [0.15, 0.2) is 30.6 Å². The molecule has 6 heteroatoms. The first-order chi connectivity index (χ1) is 10.1. The minimum atomic E-state index is 0.126. The van der Waals surface area contributed by atoms with Gasteiger partial charge in [0.15, 0.2) is 0 Å². The summed E-state index contributed by atoms with van der Waals surface area (Å²) in [6.45, 7) is 6.38. The van der Waals surface area contributed by atoms with Gasteiger partial charge in [0.25, 0.3) is 5.91 Å². The zero-order chi connectivity index (χ0) is 14.6. The van der Waals surface area contributed by atoms with Crippen LogP contribution in [0.4, 0.5) is 0 Å². The molecule has 4 rings (SSSR count). The van der Waals surface area contributed by atoms with E-state index in [0.29, 0.717) is 17.3 Å². The summed E-state index contributed by atoms with van der Waals surface area (Å²) in [4.78, 5) is 14.5. The van der Waals surface area contributed by atoms with Gasteiger partial charge in [0.2, 0.25) is 0 Å². The highest BCUT2D eigenvalue weighted by molar-refractivity contribution is 5.94. The molecule has 1 amide bonds. The zero-order valence-corrected chi connectivity index (χ0v) is 12.1. The standard InChI is InChI=1S/C15H17N5O/c1-15(2)12-7-19(8-13(12)15)14(21)10-3-5-11(6-4-10)20-9-16-17-18-20/h3-6,9,12-13H,7-8H2,1-2H3. The van der Waals surface area contributed by atoms with Gasteiger partial charge in [0, 0.05) is 18.7 Å². The Bertz CT molecular complexity index is 663. The van der Waals surface area contributed by atoms with Gasteiger partial charge in [-0.1, -0.05) is 13.8 Å². The summed E-state index contributed by atoms with van der Waals surface area (Å²) in [5.41, 5.74) is 2.01. The molecule has 108 valence electrons. The van der Waals surface area contributed by atoms with E-state index in [9.17, 15) is 4.79 Å². The highest BCUT2D eigenvalue weighted by Gasteiger charge is 2.62. The van der Waals surface area contributed by atoms with Gasteiger partial charge >= 0.3 is 0 Å². The first-order valence-electron chi connectivity index (χ1n) is 7.20. The molecule has 2 unspecified atom stereocenters. The number of rotatable bonds is 2. The van der Waals surface area contributed by atoms with Crippen molar-refractivity contribution in [2.24, 2.45) is 17.3 Å². The van der Waals surface area contributed by atoms with Gasteiger partial charge in [-0.25, -0.2) is 4.68 Å². The van der Waals surface area contributed by atoms with Crippen LogP contribution in [0.2, 0.25) is 0 Å². The Morgan fingerprint density at radius 1 is 1.19 bits per heavy atom. The lowest BCUT2D eigenvalue weighted by Gasteiger charge is -2.22. The third-order valence-corrected chi connectivity index (χ3v) is 5.14. The average Bonchev–Trinajstić information content (AvgIpc) is 3.01. The monoisotopic (exact) mass is 283 g/mol. The quantitative estimate of drug-likeness (QED) is 0.835. The highest BCUT2D eigenvalue weighted by Crippen LogP contribution is 2.62. The number of amides is 1. The predicted molar refractivity (Wildman–Crippen MR) is 75.8 cm³/mol. The van der Waals surface area contributed by atoms with Crippen molar-refractivity contribution in [1.82, 2.24) is 25.1 Å². The van der Waals surface area contributed by atoms with Crippen molar-refractivity contribution in [3.8, 4) is 5.69 Å². The molecule has 2 heterocycles. The number of benzene rings is 1. The smallest absolute Gasteiger partial charge is 0.253 e. The van der Waals surface area contributed by atoms with Crippen molar-refractivity contribution >= 4 is 5.91 Å². The Kier molecular flexibility index (Phi) is 2.46. The van der Waals surface area contributed by atoms with Crippen molar-refractivity contribution < 1.29 is 4.79 Å². The number of carbonyl (C=O) groups excluding carboxylic acids is 1. The fourth-order valence-electron chi connectivity index (χ4n) is 3.52. The maximum atomic E-state index is 12.5. The molecule has 0 radical (unpaired) electrons. The Labute approximate surface area is 122 Å². The van der Waals surface area contributed by atoms with Crippen molar-refractivity contribution in [3.05, 3.63) is 36.2 Å². The minimum Gasteiger partial charge on any atom is -0.338 e. The van der Waals surface area contributed by atoms with Crippen LogP contribution in [0.25, 0.3) is 5.69 Å². The van der Waals surface area contributed by atoms with Crippen LogP contribution in [0.5, 0.6) is 0 Å². The summed E-state index contributed by atoms with van der Waals surface area (Å²) >= 11 is 0. The molecule has 2 atom stereocenters. The summed E-state index contributed by atoms with van der Waals surface area (Å²) < 4.78 is 1.57. The molecule has 21 heavy (non-hydrogen) atoms. The Morgan fingerprint density at radius 2 is 1.86 bits per heavy atom. The Hall–Kier alpha value is -2.24. The number of fused-ring (bicyclic) bond motifs is 1. The van der Waals surface area contributed by atoms with Gasteiger partial charge in [0.05, 0.1) is 5.69 Å². The summed E-state index contributed by atoms with van der Waals surface area (Å²) in [6.07, 6.45) is 1.53. The Balaban J connectivity index is 1.49. The third-order valence-electron chi connectivity index (χ3n) is 5.14. The number of hydrogen-bond acceptors (Lipinski definition) is 4. The van der Waals surface area contributed by atoms with Crippen LogP contribution in [0.3, 0.4) is 0 Å². The number of piperidine rings is 1. The van der Waals surface area contributed by atoms with Gasteiger partial charge in [0.1, 0.15) is 6.33 Å². The molecule has 1 saturated heterocycles. The number of tetrazole rings is 1. The van der Waals surface area contributed by atoms with Crippen molar-refractivity contribution in [2.45, 2.75) is 13.8 Å². The summed E-state index contributed by atoms with van der Waals surface area (Å²) in [5, 5.41) is 11.0. The molecule has 0 spiro atoms. The van der Waals surface area contributed by atoms with Crippen molar-refractivity contribution in [3.63, 3.8) is 0 Å². The second-order valence-corrected chi connectivity index (χ2v) is 6.55. The molecule has 0 bridgehead atoms. The molecule has 2 fully saturated rings. The van der Waals surface area contributed by atoms with Gasteiger partial charge in [-0.15, -0.1) is 5.10 Å². The van der Waals surface area contributed by atoms with E-state index in [-0.39, 0.29) is 5.91 Å². The fourth-order valence-corrected chi connectivity index (χ4v) is 3.52. The largest absolute Gasteiger partial charge is 0.338 e. The molecule has 1 saturated carbocycles. The fraction of sp³-hybridized carbons (Fsp3) is 0.467. The average molecular weight is 283 g/mol. The van der Waals surface area contributed by atoms with Crippen LogP contribution >= 0.6 is 0 Å². The lowest BCUT2D eigenvalue weighted by molar-refractivity contribution is 0.0758. The second kappa shape index (κ2) is 4.13. The van der Waals surface area contributed by atoms with Gasteiger partial charge in [-0.3, -0.25) is 4.79 Å². The normalized spacial score (nSPS) is 25.7. The Morgan fingerprint density at radius 3 is 2.43 bits per heavy atom. The summed E-state index contributed by atoms with van der Waals surface area (Å²) in [5.74, 6) is 1.49. The number of nitrogens with zero attached hydrogens (tertiary/aromatic N) is 5. The van der Waals surface area contributed by atoms with E-state index in [1.165, 1.54) is 6.33 Å². The van der Waals surface area contributed by atoms with Crippen molar-refractivity contribution in [1.29, 1.82) is 0 Å². The zero-order valence-electron chi connectivity index (χ0n) is 12.1. The lowest BCUT2D eigenvalue weighted by atomic mass is 10.1. The molecule has 1 aromatic heterocycles. The van der Waals surface area contributed by atoms with Gasteiger partial charge in [-0.2, -0.15) is 0 Å². The van der Waals surface area contributed by atoms with E-state index in [0.717, 1.165) is 24.3 Å². The van der Waals surface area contributed by atoms with E-state index in [2.05, 4.69) is 29.4 Å². The lowest BCUT2D eigenvalue weighted by Crippen LogP contribution is -2.32. The van der Waals surface area contributed by atoms with Crippen molar-refractivity contribution in [2.75, 3.05) is 13.1 Å². The predicted octanol–water partition coefficient (Wildman–Crippen LogP) is 1.39. The molecular formula is C15H17N5O. The molecule has 2 aliphatic rings. The molecule has 1 aromatic carbocycles. The van der Waals surface area contributed by atoms with Crippen LogP contribution in [-0.2, 0) is 0 Å². The summed E-state index contributed by atoms with van der Waals surface area (Å²) in [7, 11) is 0. The highest BCUT2D eigenvalue weighted by atomic mass is 16.2. The van der Waals surface area contributed by atoms with E-state index >= 15 is 0 Å². The van der Waals surface area contributed by atoms with E-state index < -0.39 is 0 Å². The van der Waals surface area contributed by atoms with Crippen LogP contribution < -0.4 is 0 Å². The van der Waals surface area contributed by atoms with Gasteiger partial charge < -0.3 is 4.90 Å². The number of hydrogen-bond donors (Lipinski definition) is 0. The summed E-state index contributed by atoms with van der Waals surface area (Å²) in [6, 6.07) is 7.41. The molecule has 1 aliphatic heterocycles. The minimum absolute atomic E-state index is 0.126. The van der Waals surface area contributed by atoms with Crippen LogP contribution in [0.1, 0.15) is 24.2 Å². The van der Waals surface area contributed by atoms with Crippen LogP contribution in [0, 0.1) is 17.3 Å². The van der Waals surface area contributed by atoms with Crippen LogP contribution in [-0.4, -0.2) is 44.1 Å². The molecule has 6 nitrogen and oxygen atoms in total. The number of carbonyl (C=O) groups is 1. The molecule has 0 N–H and O–H groups in total. The van der Waals surface area contributed by atoms with Gasteiger partial charge in [-0.05, 0) is 51.9 Å². The first-order valence-corrected chi connectivity index (χ1v) is 7.20. The number of aromatic nitrogens is 4. The van der Waals surface area contributed by atoms with E-state index in [4.69, 9.17) is 0 Å². The topological polar surface area (TPSA) is 63.9 Å².